The quantitative estimate of drug-likeness (QED) is 0.390. The van der Waals surface area contributed by atoms with Gasteiger partial charge in [-0.25, -0.2) is 4.79 Å². The fourth-order valence-electron chi connectivity index (χ4n) is 2.15. The second-order valence-corrected chi connectivity index (χ2v) is 6.83. The number of nitrogens with one attached hydrogen (secondary N) is 3. The van der Waals surface area contributed by atoms with Gasteiger partial charge in [-0.15, -0.1) is 11.8 Å². The first kappa shape index (κ1) is 21.7. The van der Waals surface area contributed by atoms with Crippen LogP contribution in [0.2, 0.25) is 0 Å². The Morgan fingerprint density at radius 3 is 1.90 bits per heavy atom. The number of aliphatic carboxylic acids is 1. The molecule has 2 rings (SSSR count). The van der Waals surface area contributed by atoms with Gasteiger partial charge in [0.25, 0.3) is 0 Å². The summed E-state index contributed by atoms with van der Waals surface area (Å²) in [6.45, 7) is 1.42. The summed E-state index contributed by atoms with van der Waals surface area (Å²) in [5.41, 5.74) is 1.78. The van der Waals surface area contributed by atoms with Gasteiger partial charge in [0.15, 0.2) is 0 Å². The molecule has 29 heavy (non-hydrogen) atoms. The zero-order chi connectivity index (χ0) is 21.2. The Balaban J connectivity index is 1.80. The molecule has 0 aliphatic carbocycles. The zero-order valence-electron chi connectivity index (χ0n) is 15.5. The Bertz CT molecular complexity index is 924. The maximum atomic E-state index is 12.1. The number of carboxylic acid groups (broad SMARTS) is 1. The van der Waals surface area contributed by atoms with E-state index in [-0.39, 0.29) is 17.6 Å². The van der Waals surface area contributed by atoms with Crippen molar-refractivity contribution in [1.82, 2.24) is 0 Å². The van der Waals surface area contributed by atoms with Crippen molar-refractivity contribution in [3.05, 3.63) is 60.7 Å². The summed E-state index contributed by atoms with van der Waals surface area (Å²) >= 11 is 1.33. The molecule has 0 aromatic heterocycles. The van der Waals surface area contributed by atoms with Crippen LogP contribution in [-0.4, -0.2) is 34.6 Å². The van der Waals surface area contributed by atoms with Crippen molar-refractivity contribution in [3.63, 3.8) is 0 Å². The molecule has 2 aromatic carbocycles. The first-order chi connectivity index (χ1) is 13.8. The molecule has 2 aromatic rings. The van der Waals surface area contributed by atoms with Crippen LogP contribution in [0, 0.1) is 0 Å². The molecular formula is C20H19N3O5S. The van der Waals surface area contributed by atoms with Gasteiger partial charge < -0.3 is 21.1 Å². The molecule has 0 aliphatic rings. The molecule has 0 spiro atoms. The molecule has 0 saturated heterocycles. The first-order valence-electron chi connectivity index (χ1n) is 8.44. The van der Waals surface area contributed by atoms with Crippen LogP contribution in [-0.2, 0) is 19.2 Å². The van der Waals surface area contributed by atoms with Crippen LogP contribution in [0.25, 0.3) is 0 Å². The lowest BCUT2D eigenvalue weighted by atomic mass is 10.3. The number of amides is 3. The van der Waals surface area contributed by atoms with Crippen LogP contribution in [0.3, 0.4) is 0 Å². The minimum absolute atomic E-state index is 0.166. The average Bonchev–Trinajstić information content (AvgIpc) is 2.67. The minimum atomic E-state index is -1.20. The second-order valence-electron chi connectivity index (χ2n) is 5.78. The van der Waals surface area contributed by atoms with Crippen molar-refractivity contribution in [1.29, 1.82) is 0 Å². The first-order valence-corrected chi connectivity index (χ1v) is 9.43. The third-order valence-electron chi connectivity index (χ3n) is 3.36. The van der Waals surface area contributed by atoms with Crippen LogP contribution >= 0.6 is 11.8 Å². The molecule has 150 valence electrons. The maximum Gasteiger partial charge on any atom is 0.328 e. The Labute approximate surface area is 171 Å². The van der Waals surface area contributed by atoms with E-state index in [0.717, 1.165) is 17.0 Å². The number of benzene rings is 2. The van der Waals surface area contributed by atoms with Crippen molar-refractivity contribution >= 4 is 52.5 Å². The van der Waals surface area contributed by atoms with Crippen LogP contribution in [0.5, 0.6) is 0 Å². The molecule has 0 unspecified atom stereocenters. The highest BCUT2D eigenvalue weighted by atomic mass is 32.2. The zero-order valence-corrected chi connectivity index (χ0v) is 16.3. The topological polar surface area (TPSA) is 125 Å². The molecule has 0 fully saturated rings. The van der Waals surface area contributed by atoms with Gasteiger partial charge in [-0.05, 0) is 48.5 Å². The summed E-state index contributed by atoms with van der Waals surface area (Å²) in [6.07, 6.45) is 1.68. The number of carbonyl (C=O) groups is 4. The number of carbonyl (C=O) groups excluding carboxylic acids is 3. The van der Waals surface area contributed by atoms with E-state index in [0.29, 0.717) is 17.1 Å². The van der Waals surface area contributed by atoms with E-state index in [1.54, 1.807) is 48.5 Å². The van der Waals surface area contributed by atoms with Gasteiger partial charge in [-0.2, -0.15) is 0 Å². The number of carboxylic acids is 1. The van der Waals surface area contributed by atoms with Gasteiger partial charge in [0.1, 0.15) is 0 Å². The highest BCUT2D eigenvalue weighted by molar-refractivity contribution is 8.00. The highest BCUT2D eigenvalue weighted by Crippen LogP contribution is 2.21. The molecule has 0 atom stereocenters. The van der Waals surface area contributed by atoms with Crippen LogP contribution in [0.15, 0.2) is 65.6 Å². The molecule has 0 heterocycles. The van der Waals surface area contributed by atoms with Crippen molar-refractivity contribution in [2.24, 2.45) is 0 Å². The monoisotopic (exact) mass is 413 g/mol. The van der Waals surface area contributed by atoms with E-state index in [2.05, 4.69) is 16.0 Å². The van der Waals surface area contributed by atoms with Gasteiger partial charge in [-0.1, -0.05) is 0 Å². The predicted octanol–water partition coefficient (Wildman–Crippen LogP) is 2.96. The largest absolute Gasteiger partial charge is 0.478 e. The fraction of sp³-hybridized carbons (Fsp3) is 0.100. The minimum Gasteiger partial charge on any atom is -0.478 e. The number of rotatable bonds is 8. The van der Waals surface area contributed by atoms with E-state index in [1.165, 1.54) is 18.7 Å². The molecule has 8 nitrogen and oxygen atoms in total. The van der Waals surface area contributed by atoms with Gasteiger partial charge in [0, 0.05) is 41.0 Å². The Kier molecular flexibility index (Phi) is 7.99. The maximum absolute atomic E-state index is 12.1. The van der Waals surface area contributed by atoms with Crippen LogP contribution < -0.4 is 16.0 Å². The molecule has 0 aliphatic heterocycles. The number of thioether (sulfide) groups is 1. The van der Waals surface area contributed by atoms with Crippen LogP contribution in [0.1, 0.15) is 6.92 Å². The average molecular weight is 413 g/mol. The molecule has 9 heteroatoms. The van der Waals surface area contributed by atoms with E-state index in [4.69, 9.17) is 5.11 Å². The van der Waals surface area contributed by atoms with Crippen molar-refractivity contribution in [2.45, 2.75) is 11.8 Å². The second kappa shape index (κ2) is 10.7. The summed E-state index contributed by atoms with van der Waals surface area (Å²) in [4.78, 5) is 45.8. The molecule has 4 N–H and O–H groups in total. The number of anilines is 3. The lowest BCUT2D eigenvalue weighted by Gasteiger charge is -2.07. The normalized spacial score (nSPS) is 10.4. The SMILES string of the molecule is CC(=O)Nc1ccc(NC(=O)CSc2ccc(NC(=O)/C=C/C(=O)O)cc2)cc1. The standard InChI is InChI=1S/C20H19N3O5S/c1-13(24)21-14-2-4-15(5-3-14)23-19(26)12-29-17-8-6-16(7-9-17)22-18(25)10-11-20(27)28/h2-11H,12H2,1H3,(H,21,24)(H,22,25)(H,23,26)(H,27,28)/b11-10+. The van der Waals surface area contributed by atoms with E-state index in [9.17, 15) is 19.2 Å². The molecule has 0 saturated carbocycles. The Hall–Kier alpha value is -3.59. The summed E-state index contributed by atoms with van der Waals surface area (Å²) in [5, 5.41) is 16.4. The third kappa shape index (κ3) is 8.31. The van der Waals surface area contributed by atoms with Gasteiger partial charge in [0.05, 0.1) is 5.75 Å². The summed E-state index contributed by atoms with van der Waals surface area (Å²) in [6, 6.07) is 13.6. The molecule has 0 radical (unpaired) electrons. The Morgan fingerprint density at radius 1 is 0.828 bits per heavy atom. The van der Waals surface area contributed by atoms with Gasteiger partial charge in [0.2, 0.25) is 17.7 Å². The lowest BCUT2D eigenvalue weighted by Crippen LogP contribution is -2.14. The molecular weight excluding hydrogens is 394 g/mol. The van der Waals surface area contributed by atoms with Gasteiger partial charge in [-0.3, -0.25) is 14.4 Å². The predicted molar refractivity (Wildman–Crippen MR) is 112 cm³/mol. The van der Waals surface area contributed by atoms with E-state index >= 15 is 0 Å². The summed E-state index contributed by atoms with van der Waals surface area (Å²) in [7, 11) is 0. The van der Waals surface area contributed by atoms with Crippen molar-refractivity contribution in [2.75, 3.05) is 21.7 Å². The smallest absolute Gasteiger partial charge is 0.328 e. The van der Waals surface area contributed by atoms with Crippen molar-refractivity contribution in [3.8, 4) is 0 Å². The highest BCUT2D eigenvalue weighted by Gasteiger charge is 2.05. The number of hydrogen-bond acceptors (Lipinski definition) is 5. The molecule has 3 amide bonds. The summed E-state index contributed by atoms with van der Waals surface area (Å²) in [5.74, 6) is -1.90. The summed E-state index contributed by atoms with van der Waals surface area (Å²) < 4.78 is 0. The lowest BCUT2D eigenvalue weighted by molar-refractivity contribution is -0.131. The van der Waals surface area contributed by atoms with E-state index < -0.39 is 11.9 Å². The van der Waals surface area contributed by atoms with Crippen molar-refractivity contribution < 1.29 is 24.3 Å². The number of hydrogen-bond donors (Lipinski definition) is 4. The van der Waals surface area contributed by atoms with E-state index in [1.807, 2.05) is 0 Å². The molecule has 0 bridgehead atoms. The van der Waals surface area contributed by atoms with Crippen LogP contribution in [0.4, 0.5) is 17.1 Å². The Morgan fingerprint density at radius 2 is 1.34 bits per heavy atom. The third-order valence-corrected chi connectivity index (χ3v) is 4.37. The van der Waals surface area contributed by atoms with Gasteiger partial charge >= 0.3 is 5.97 Å². The fourth-order valence-corrected chi connectivity index (χ4v) is 2.85.